The van der Waals surface area contributed by atoms with Crippen molar-refractivity contribution in [3.05, 3.63) is 40.5 Å². The second-order valence-electron chi connectivity index (χ2n) is 2.82. The largest absolute Gasteiger partial charge is 0.398 e. The van der Waals surface area contributed by atoms with Crippen LogP contribution in [0.15, 0.2) is 24.8 Å². The molecule has 0 atom stereocenters. The van der Waals surface area contributed by atoms with Gasteiger partial charge in [-0.25, -0.2) is 0 Å². The maximum atomic E-state index is 10.7. The van der Waals surface area contributed by atoms with Gasteiger partial charge in [0, 0.05) is 5.69 Å². The van der Waals surface area contributed by atoms with Crippen molar-refractivity contribution in [2.75, 3.05) is 11.5 Å². The Kier molecular flexibility index (Phi) is 2.71. The number of anilines is 2. The Labute approximate surface area is 81.2 Å². The molecule has 0 fully saturated rings. The van der Waals surface area contributed by atoms with Gasteiger partial charge in [-0.3, -0.25) is 10.1 Å². The van der Waals surface area contributed by atoms with E-state index in [1.165, 1.54) is 6.07 Å². The summed E-state index contributed by atoms with van der Waals surface area (Å²) in [5, 5.41) is 10.7. The molecule has 0 aliphatic rings. The summed E-state index contributed by atoms with van der Waals surface area (Å²) in [7, 11) is 0. The number of nitrogens with two attached hydrogens (primary N) is 2. The highest BCUT2D eigenvalue weighted by Gasteiger charge is 2.19. The van der Waals surface area contributed by atoms with E-state index in [2.05, 4.69) is 6.58 Å². The zero-order valence-corrected chi connectivity index (χ0v) is 7.56. The second kappa shape index (κ2) is 3.78. The Morgan fingerprint density at radius 2 is 2.00 bits per heavy atom. The number of nitrogens with zero attached hydrogens (tertiary/aromatic N) is 1. The van der Waals surface area contributed by atoms with Crippen molar-refractivity contribution in [2.45, 2.75) is 6.42 Å². The summed E-state index contributed by atoms with van der Waals surface area (Å²) in [4.78, 5) is 10.2. The van der Waals surface area contributed by atoms with E-state index in [0.717, 1.165) is 0 Å². The molecule has 5 heteroatoms. The molecule has 0 aliphatic carbocycles. The summed E-state index contributed by atoms with van der Waals surface area (Å²) in [6.07, 6.45) is 1.89. The molecule has 0 heterocycles. The fraction of sp³-hybridized carbons (Fsp3) is 0.111. The first-order chi connectivity index (χ1) is 6.57. The molecule has 0 saturated heterocycles. The second-order valence-corrected chi connectivity index (χ2v) is 2.82. The molecule has 14 heavy (non-hydrogen) atoms. The molecule has 0 saturated carbocycles. The van der Waals surface area contributed by atoms with Crippen molar-refractivity contribution in [3.63, 3.8) is 0 Å². The van der Waals surface area contributed by atoms with Crippen molar-refractivity contribution in [1.82, 2.24) is 0 Å². The van der Waals surface area contributed by atoms with Crippen LogP contribution < -0.4 is 11.5 Å². The Morgan fingerprint density at radius 1 is 1.43 bits per heavy atom. The lowest BCUT2D eigenvalue weighted by Crippen LogP contribution is -2.03. The summed E-state index contributed by atoms with van der Waals surface area (Å²) in [6.45, 7) is 3.51. The normalized spacial score (nSPS) is 9.71. The Hall–Kier alpha value is -2.04. The van der Waals surface area contributed by atoms with E-state index in [-0.39, 0.29) is 11.4 Å². The number of nitro groups is 1. The SMILES string of the molecule is C=CCc1c(N)ccc(N)c1[N+](=O)[O-]. The van der Waals surface area contributed by atoms with E-state index < -0.39 is 4.92 Å². The van der Waals surface area contributed by atoms with Crippen LogP contribution in [0.5, 0.6) is 0 Å². The molecule has 0 bridgehead atoms. The third-order valence-electron chi connectivity index (χ3n) is 1.88. The highest BCUT2D eigenvalue weighted by atomic mass is 16.6. The monoisotopic (exact) mass is 193 g/mol. The zero-order chi connectivity index (χ0) is 10.7. The third-order valence-corrected chi connectivity index (χ3v) is 1.88. The highest BCUT2D eigenvalue weighted by molar-refractivity contribution is 5.71. The molecule has 0 aromatic heterocycles. The lowest BCUT2D eigenvalue weighted by molar-refractivity contribution is -0.384. The Bertz CT molecular complexity index is 388. The summed E-state index contributed by atoms with van der Waals surface area (Å²) in [6, 6.07) is 2.99. The van der Waals surface area contributed by atoms with Crippen LogP contribution in [0.4, 0.5) is 17.1 Å². The van der Waals surface area contributed by atoms with Crippen LogP contribution in [-0.2, 0) is 6.42 Å². The molecule has 0 unspecified atom stereocenters. The molecule has 0 aliphatic heterocycles. The molecule has 0 amide bonds. The van der Waals surface area contributed by atoms with Crippen molar-refractivity contribution in [1.29, 1.82) is 0 Å². The number of nitro benzene ring substituents is 1. The quantitative estimate of drug-likeness (QED) is 0.329. The smallest absolute Gasteiger partial charge is 0.297 e. The summed E-state index contributed by atoms with van der Waals surface area (Å²) >= 11 is 0. The molecule has 74 valence electrons. The van der Waals surface area contributed by atoms with Crippen molar-refractivity contribution in [2.24, 2.45) is 0 Å². The first-order valence-corrected chi connectivity index (χ1v) is 4.00. The molecular formula is C9H11N3O2. The number of hydrogen-bond donors (Lipinski definition) is 2. The molecular weight excluding hydrogens is 182 g/mol. The van der Waals surface area contributed by atoms with Gasteiger partial charge in [-0.05, 0) is 18.6 Å². The Balaban J connectivity index is 3.40. The highest BCUT2D eigenvalue weighted by Crippen LogP contribution is 2.31. The first-order valence-electron chi connectivity index (χ1n) is 4.00. The summed E-state index contributed by atoms with van der Waals surface area (Å²) in [5.41, 5.74) is 11.9. The molecule has 1 aromatic carbocycles. The van der Waals surface area contributed by atoms with E-state index in [1.54, 1.807) is 12.1 Å². The summed E-state index contributed by atoms with van der Waals surface area (Å²) < 4.78 is 0. The number of rotatable bonds is 3. The number of nitrogen functional groups attached to an aromatic ring is 2. The average molecular weight is 193 g/mol. The molecule has 4 N–H and O–H groups in total. The molecule has 0 radical (unpaired) electrons. The van der Waals surface area contributed by atoms with Gasteiger partial charge in [-0.1, -0.05) is 6.08 Å². The first kappa shape index (κ1) is 10.0. The predicted octanol–water partition coefficient (Wildman–Crippen LogP) is 1.49. The van der Waals surface area contributed by atoms with Crippen LogP contribution in [0.25, 0.3) is 0 Å². The van der Waals surface area contributed by atoms with E-state index in [9.17, 15) is 10.1 Å². The van der Waals surface area contributed by atoms with E-state index in [0.29, 0.717) is 17.7 Å². The van der Waals surface area contributed by atoms with Crippen LogP contribution in [0.1, 0.15) is 5.56 Å². The third kappa shape index (κ3) is 1.66. The van der Waals surface area contributed by atoms with Crippen LogP contribution in [0.2, 0.25) is 0 Å². The fourth-order valence-electron chi connectivity index (χ4n) is 1.24. The van der Waals surface area contributed by atoms with E-state index in [1.807, 2.05) is 0 Å². The van der Waals surface area contributed by atoms with Gasteiger partial charge in [-0.2, -0.15) is 0 Å². The minimum Gasteiger partial charge on any atom is -0.398 e. The molecule has 5 nitrogen and oxygen atoms in total. The van der Waals surface area contributed by atoms with Crippen molar-refractivity contribution < 1.29 is 4.92 Å². The lowest BCUT2D eigenvalue weighted by Gasteiger charge is -2.05. The van der Waals surface area contributed by atoms with Gasteiger partial charge in [-0.15, -0.1) is 6.58 Å². The van der Waals surface area contributed by atoms with Gasteiger partial charge in [0.1, 0.15) is 5.69 Å². The van der Waals surface area contributed by atoms with Crippen LogP contribution in [0.3, 0.4) is 0 Å². The molecule has 0 spiro atoms. The van der Waals surface area contributed by atoms with Gasteiger partial charge < -0.3 is 11.5 Å². The van der Waals surface area contributed by atoms with Gasteiger partial charge >= 0.3 is 0 Å². The standard InChI is InChI=1S/C9H11N3O2/c1-2-3-6-7(10)4-5-8(11)9(6)12(13)14/h2,4-5H,1,3,10-11H2. The maximum Gasteiger partial charge on any atom is 0.297 e. The zero-order valence-electron chi connectivity index (χ0n) is 7.56. The fourth-order valence-corrected chi connectivity index (χ4v) is 1.24. The average Bonchev–Trinajstić information content (AvgIpc) is 2.11. The predicted molar refractivity (Wildman–Crippen MR) is 55.8 cm³/mol. The van der Waals surface area contributed by atoms with Gasteiger partial charge in [0.05, 0.1) is 10.5 Å². The molecule has 1 rings (SSSR count). The van der Waals surface area contributed by atoms with Gasteiger partial charge in [0.2, 0.25) is 0 Å². The topological polar surface area (TPSA) is 95.2 Å². The van der Waals surface area contributed by atoms with Crippen LogP contribution in [-0.4, -0.2) is 4.92 Å². The number of allylic oxidation sites excluding steroid dienone is 1. The van der Waals surface area contributed by atoms with Crippen molar-refractivity contribution >= 4 is 17.1 Å². The minimum atomic E-state index is -0.523. The van der Waals surface area contributed by atoms with E-state index in [4.69, 9.17) is 11.5 Å². The molecule has 1 aromatic rings. The minimum absolute atomic E-state index is 0.120. The van der Waals surface area contributed by atoms with Crippen LogP contribution >= 0.6 is 0 Å². The number of benzene rings is 1. The maximum absolute atomic E-state index is 10.7. The van der Waals surface area contributed by atoms with Gasteiger partial charge in [0.25, 0.3) is 5.69 Å². The van der Waals surface area contributed by atoms with E-state index >= 15 is 0 Å². The lowest BCUT2D eigenvalue weighted by atomic mass is 10.1. The van der Waals surface area contributed by atoms with Gasteiger partial charge in [0.15, 0.2) is 0 Å². The number of hydrogen-bond acceptors (Lipinski definition) is 4. The Morgan fingerprint density at radius 3 is 2.50 bits per heavy atom. The summed E-state index contributed by atoms with van der Waals surface area (Å²) in [5.74, 6) is 0. The van der Waals surface area contributed by atoms with Crippen LogP contribution in [0, 0.1) is 10.1 Å². The van der Waals surface area contributed by atoms with Crippen molar-refractivity contribution in [3.8, 4) is 0 Å².